The molecule has 3 aromatic rings. The Morgan fingerprint density at radius 1 is 0.867 bits per heavy atom. The molecule has 0 radical (unpaired) electrons. The first-order valence-electron chi connectivity index (χ1n) is 9.20. The zero-order chi connectivity index (χ0) is 21.7. The second-order valence-corrected chi connectivity index (χ2v) is 7.23. The van der Waals surface area contributed by atoms with Crippen LogP contribution >= 0.6 is 11.6 Å². The number of hydrogen-bond acceptors (Lipinski definition) is 4. The van der Waals surface area contributed by atoms with Gasteiger partial charge in [0.05, 0.1) is 17.6 Å². The van der Waals surface area contributed by atoms with E-state index >= 15 is 0 Å². The van der Waals surface area contributed by atoms with Crippen molar-refractivity contribution in [1.82, 2.24) is 0 Å². The van der Waals surface area contributed by atoms with E-state index in [9.17, 15) is 14.4 Å². The molecule has 0 bridgehead atoms. The van der Waals surface area contributed by atoms with Gasteiger partial charge >= 0.3 is 0 Å². The van der Waals surface area contributed by atoms with Gasteiger partial charge in [0.1, 0.15) is 0 Å². The fourth-order valence-electron chi connectivity index (χ4n) is 2.51. The summed E-state index contributed by atoms with van der Waals surface area (Å²) in [6.07, 6.45) is 1.39. The van der Waals surface area contributed by atoms with Gasteiger partial charge in [-0.1, -0.05) is 25.4 Å². The first-order chi connectivity index (χ1) is 14.3. The number of carbonyl (C=O) groups excluding carboxylic acids is 3. The highest BCUT2D eigenvalue weighted by Gasteiger charge is 2.15. The number of rotatable bonds is 6. The van der Waals surface area contributed by atoms with E-state index in [4.69, 9.17) is 16.0 Å². The van der Waals surface area contributed by atoms with Crippen LogP contribution in [-0.2, 0) is 4.79 Å². The number of carbonyl (C=O) groups is 3. The van der Waals surface area contributed by atoms with E-state index in [0.29, 0.717) is 27.6 Å². The Kier molecular flexibility index (Phi) is 6.54. The number of hydrogen-bond donors (Lipinski definition) is 3. The van der Waals surface area contributed by atoms with E-state index in [1.54, 1.807) is 56.3 Å². The van der Waals surface area contributed by atoms with Crippen LogP contribution in [0.25, 0.3) is 0 Å². The molecule has 0 atom stereocenters. The Morgan fingerprint density at radius 3 is 2.20 bits per heavy atom. The highest BCUT2D eigenvalue weighted by atomic mass is 35.5. The molecule has 3 N–H and O–H groups in total. The van der Waals surface area contributed by atoms with Crippen LogP contribution in [0, 0.1) is 5.92 Å². The SMILES string of the molecule is CC(C)C(=O)Nc1ccc(C(=O)Nc2ccc(Cl)cc2NC(=O)c2ccco2)cc1. The van der Waals surface area contributed by atoms with E-state index in [1.165, 1.54) is 18.4 Å². The second kappa shape index (κ2) is 9.28. The lowest BCUT2D eigenvalue weighted by molar-refractivity contribution is -0.118. The van der Waals surface area contributed by atoms with Crippen LogP contribution in [0.15, 0.2) is 65.3 Å². The Hall–Kier alpha value is -3.58. The van der Waals surface area contributed by atoms with Crippen LogP contribution < -0.4 is 16.0 Å². The largest absolute Gasteiger partial charge is 0.459 e. The Labute approximate surface area is 178 Å². The molecule has 0 spiro atoms. The van der Waals surface area contributed by atoms with Crippen molar-refractivity contribution in [2.75, 3.05) is 16.0 Å². The minimum atomic E-state index is -0.469. The molecule has 30 heavy (non-hydrogen) atoms. The third kappa shape index (κ3) is 5.27. The van der Waals surface area contributed by atoms with Crippen LogP contribution in [0.2, 0.25) is 5.02 Å². The molecule has 0 saturated heterocycles. The molecular weight excluding hydrogens is 406 g/mol. The third-order valence-corrected chi connectivity index (χ3v) is 4.40. The highest BCUT2D eigenvalue weighted by Crippen LogP contribution is 2.27. The molecular formula is C22H20ClN3O4. The Balaban J connectivity index is 1.73. The molecule has 3 amide bonds. The van der Waals surface area contributed by atoms with Gasteiger partial charge in [0.25, 0.3) is 11.8 Å². The third-order valence-electron chi connectivity index (χ3n) is 4.16. The number of furan rings is 1. The number of amides is 3. The summed E-state index contributed by atoms with van der Waals surface area (Å²) in [5, 5.41) is 8.59. The number of benzene rings is 2. The lowest BCUT2D eigenvalue weighted by Gasteiger charge is -2.13. The number of nitrogens with one attached hydrogen (secondary N) is 3. The fourth-order valence-corrected chi connectivity index (χ4v) is 2.68. The zero-order valence-electron chi connectivity index (χ0n) is 16.4. The smallest absolute Gasteiger partial charge is 0.291 e. The van der Waals surface area contributed by atoms with Crippen molar-refractivity contribution in [1.29, 1.82) is 0 Å². The van der Waals surface area contributed by atoms with Crippen LogP contribution in [0.4, 0.5) is 17.1 Å². The van der Waals surface area contributed by atoms with Crippen LogP contribution in [0.3, 0.4) is 0 Å². The average molecular weight is 426 g/mol. The minimum Gasteiger partial charge on any atom is -0.459 e. The molecule has 0 saturated carbocycles. The maximum atomic E-state index is 12.6. The molecule has 0 fully saturated rings. The van der Waals surface area contributed by atoms with Crippen LogP contribution in [-0.4, -0.2) is 17.7 Å². The number of halogens is 1. The lowest BCUT2D eigenvalue weighted by Crippen LogP contribution is -2.18. The van der Waals surface area contributed by atoms with Gasteiger partial charge in [0.15, 0.2) is 5.76 Å². The van der Waals surface area contributed by atoms with E-state index in [2.05, 4.69) is 16.0 Å². The molecule has 0 aliphatic heterocycles. The molecule has 0 unspecified atom stereocenters. The quantitative estimate of drug-likeness (QED) is 0.515. The molecule has 8 heteroatoms. The summed E-state index contributed by atoms with van der Waals surface area (Å²) >= 11 is 6.04. The predicted molar refractivity (Wildman–Crippen MR) is 116 cm³/mol. The van der Waals surface area contributed by atoms with Crippen molar-refractivity contribution in [3.63, 3.8) is 0 Å². The van der Waals surface area contributed by atoms with Crippen molar-refractivity contribution >= 4 is 46.4 Å². The Morgan fingerprint density at radius 2 is 1.57 bits per heavy atom. The summed E-state index contributed by atoms with van der Waals surface area (Å²) in [6.45, 7) is 3.59. The van der Waals surface area contributed by atoms with Gasteiger partial charge in [-0.2, -0.15) is 0 Å². The summed E-state index contributed by atoms with van der Waals surface area (Å²) < 4.78 is 5.08. The molecule has 2 aromatic carbocycles. The monoisotopic (exact) mass is 425 g/mol. The van der Waals surface area contributed by atoms with Crippen LogP contribution in [0.5, 0.6) is 0 Å². The van der Waals surface area contributed by atoms with Crippen molar-refractivity contribution < 1.29 is 18.8 Å². The van der Waals surface area contributed by atoms with E-state index in [-0.39, 0.29) is 23.5 Å². The molecule has 3 rings (SSSR count). The van der Waals surface area contributed by atoms with E-state index in [0.717, 1.165) is 0 Å². The second-order valence-electron chi connectivity index (χ2n) is 6.80. The maximum absolute atomic E-state index is 12.6. The van der Waals surface area contributed by atoms with Gasteiger partial charge in [-0.25, -0.2) is 0 Å². The summed E-state index contributed by atoms with van der Waals surface area (Å²) in [5.74, 6) is -0.972. The van der Waals surface area contributed by atoms with Gasteiger partial charge in [-0.05, 0) is 54.6 Å². The van der Waals surface area contributed by atoms with Crippen LogP contribution in [0.1, 0.15) is 34.8 Å². The highest BCUT2D eigenvalue weighted by molar-refractivity contribution is 6.31. The zero-order valence-corrected chi connectivity index (χ0v) is 17.1. The summed E-state index contributed by atoms with van der Waals surface area (Å²) in [5.41, 5.74) is 1.69. The maximum Gasteiger partial charge on any atom is 0.291 e. The first-order valence-corrected chi connectivity index (χ1v) is 9.58. The number of anilines is 3. The average Bonchev–Trinajstić information content (AvgIpc) is 3.25. The molecule has 1 aromatic heterocycles. The lowest BCUT2D eigenvalue weighted by atomic mass is 10.1. The normalized spacial score (nSPS) is 10.5. The molecule has 0 aliphatic carbocycles. The standard InChI is InChI=1S/C22H20ClN3O4/c1-13(2)20(27)24-16-8-5-14(6-9-16)21(28)25-17-10-7-15(23)12-18(17)26-22(29)19-4-3-11-30-19/h3-13H,1-2H3,(H,24,27)(H,25,28)(H,26,29). The molecule has 7 nitrogen and oxygen atoms in total. The predicted octanol–water partition coefficient (Wildman–Crippen LogP) is 5.03. The summed E-state index contributed by atoms with van der Waals surface area (Å²) in [6, 6.07) is 14.3. The summed E-state index contributed by atoms with van der Waals surface area (Å²) in [4.78, 5) is 36.7. The van der Waals surface area contributed by atoms with Gasteiger partial charge in [0.2, 0.25) is 5.91 Å². The first kappa shape index (κ1) is 21.1. The molecule has 154 valence electrons. The molecule has 1 heterocycles. The van der Waals surface area contributed by atoms with Crippen molar-refractivity contribution in [2.45, 2.75) is 13.8 Å². The Bertz CT molecular complexity index is 1060. The minimum absolute atomic E-state index is 0.106. The topological polar surface area (TPSA) is 100 Å². The fraction of sp³-hybridized carbons (Fsp3) is 0.136. The van der Waals surface area contributed by atoms with E-state index in [1.807, 2.05) is 0 Å². The van der Waals surface area contributed by atoms with E-state index < -0.39 is 5.91 Å². The summed E-state index contributed by atoms with van der Waals surface area (Å²) in [7, 11) is 0. The van der Waals surface area contributed by atoms with Crippen molar-refractivity contribution in [3.05, 3.63) is 77.2 Å². The van der Waals surface area contributed by atoms with Gasteiger partial charge in [-0.15, -0.1) is 0 Å². The molecule has 0 aliphatic rings. The van der Waals surface area contributed by atoms with Gasteiger partial charge in [0, 0.05) is 22.2 Å². The van der Waals surface area contributed by atoms with Gasteiger partial charge < -0.3 is 20.4 Å². The van der Waals surface area contributed by atoms with Gasteiger partial charge in [-0.3, -0.25) is 14.4 Å². The van der Waals surface area contributed by atoms with Crippen molar-refractivity contribution in [2.24, 2.45) is 5.92 Å². The van der Waals surface area contributed by atoms with Crippen molar-refractivity contribution in [3.8, 4) is 0 Å².